The summed E-state index contributed by atoms with van der Waals surface area (Å²) in [5.41, 5.74) is 2.68. The third-order valence-electron chi connectivity index (χ3n) is 10.0. The Bertz CT molecular complexity index is 1150. The number of hydrogen-bond donors (Lipinski definition) is 1. The summed E-state index contributed by atoms with van der Waals surface area (Å²) in [5, 5.41) is 3.22. The molecule has 0 aromatic heterocycles. The number of alkyl halides is 2. The molecule has 4 aliphatic rings. The first-order valence-electron chi connectivity index (χ1n) is 14.4. The molecule has 1 aliphatic heterocycles. The molecule has 3 aliphatic carbocycles. The van der Waals surface area contributed by atoms with E-state index in [-0.39, 0.29) is 58.9 Å². The molecule has 39 heavy (non-hydrogen) atoms. The molecule has 6 nitrogen and oxygen atoms in total. The highest BCUT2D eigenvalue weighted by atomic mass is 35.5. The summed E-state index contributed by atoms with van der Waals surface area (Å²) in [6, 6.07) is 7.90. The van der Waals surface area contributed by atoms with Gasteiger partial charge < -0.3 is 15.0 Å². The number of hydrogen-bond acceptors (Lipinski definition) is 5. The molecule has 8 heteroatoms. The number of ketones is 1. The maximum absolute atomic E-state index is 13.5. The van der Waals surface area contributed by atoms with Crippen molar-refractivity contribution in [2.45, 2.75) is 76.9 Å². The lowest BCUT2D eigenvalue weighted by Gasteiger charge is -2.58. The van der Waals surface area contributed by atoms with Crippen molar-refractivity contribution in [1.82, 2.24) is 5.32 Å². The van der Waals surface area contributed by atoms with Crippen molar-refractivity contribution in [3.63, 3.8) is 0 Å². The van der Waals surface area contributed by atoms with E-state index >= 15 is 0 Å². The highest BCUT2D eigenvalue weighted by Crippen LogP contribution is 2.59. The Morgan fingerprint density at radius 3 is 2.59 bits per heavy atom. The zero-order valence-corrected chi connectivity index (χ0v) is 24.5. The van der Waals surface area contributed by atoms with E-state index in [2.05, 4.69) is 24.1 Å². The first-order valence-corrected chi connectivity index (χ1v) is 15.4. The fraction of sp³-hybridized carbons (Fsp3) is 0.645. The number of halogens is 2. The molecule has 4 unspecified atom stereocenters. The maximum atomic E-state index is 13.5. The summed E-state index contributed by atoms with van der Waals surface area (Å²) in [4.78, 5) is 40.8. The van der Waals surface area contributed by atoms with Gasteiger partial charge in [-0.05, 0) is 80.1 Å². The number of carbonyl (C=O) groups is 3. The third kappa shape index (κ3) is 5.61. The molecule has 2 saturated carbocycles. The van der Waals surface area contributed by atoms with Crippen LogP contribution in [0, 0.1) is 23.2 Å². The number of nitrogens with one attached hydrogen (secondary N) is 1. The predicted octanol–water partition coefficient (Wildman–Crippen LogP) is 5.44. The van der Waals surface area contributed by atoms with Crippen LogP contribution in [0.4, 0.5) is 5.69 Å². The van der Waals surface area contributed by atoms with Gasteiger partial charge in [0.2, 0.25) is 5.91 Å². The van der Waals surface area contributed by atoms with Gasteiger partial charge in [-0.3, -0.25) is 14.4 Å². The Morgan fingerprint density at radius 2 is 1.85 bits per heavy atom. The van der Waals surface area contributed by atoms with Crippen LogP contribution in [0.15, 0.2) is 35.9 Å². The number of piperidine rings is 1. The van der Waals surface area contributed by atoms with Crippen molar-refractivity contribution < 1.29 is 19.1 Å². The predicted molar refractivity (Wildman–Crippen MR) is 154 cm³/mol. The van der Waals surface area contributed by atoms with E-state index < -0.39 is 0 Å². The Kier molecular flexibility index (Phi) is 8.36. The first kappa shape index (κ1) is 28.5. The van der Waals surface area contributed by atoms with Crippen molar-refractivity contribution in [2.75, 3.05) is 29.7 Å². The van der Waals surface area contributed by atoms with Crippen molar-refractivity contribution in [1.29, 1.82) is 0 Å². The first-order chi connectivity index (χ1) is 18.7. The average molecular weight is 576 g/mol. The van der Waals surface area contributed by atoms with E-state index in [9.17, 15) is 14.4 Å². The number of ether oxygens (including phenoxy) is 1. The molecule has 1 aromatic carbocycles. The zero-order valence-electron chi connectivity index (χ0n) is 23.0. The summed E-state index contributed by atoms with van der Waals surface area (Å²) in [6.07, 6.45) is 7.31. The number of anilines is 1. The van der Waals surface area contributed by atoms with Gasteiger partial charge in [0.25, 0.3) is 0 Å². The topological polar surface area (TPSA) is 75.7 Å². The van der Waals surface area contributed by atoms with E-state index in [1.54, 1.807) is 0 Å². The van der Waals surface area contributed by atoms with Gasteiger partial charge in [0, 0.05) is 54.8 Å². The molecule has 0 bridgehead atoms. The quantitative estimate of drug-likeness (QED) is 0.330. The van der Waals surface area contributed by atoms with Crippen molar-refractivity contribution in [3.05, 3.63) is 41.5 Å². The van der Waals surface area contributed by atoms with Crippen LogP contribution in [0.3, 0.4) is 0 Å². The highest BCUT2D eigenvalue weighted by molar-refractivity contribution is 6.18. The van der Waals surface area contributed by atoms with Crippen LogP contribution >= 0.6 is 23.2 Å². The molecule has 0 radical (unpaired) electrons. The Balaban J connectivity index is 1.25. The van der Waals surface area contributed by atoms with Crippen LogP contribution in [0.25, 0.3) is 0 Å². The van der Waals surface area contributed by atoms with Gasteiger partial charge in [-0.1, -0.05) is 24.6 Å². The number of nitrogens with zero attached hydrogens (tertiary/aromatic N) is 1. The number of carbonyl (C=O) groups excluding carboxylic acids is 3. The molecule has 3 fully saturated rings. The Morgan fingerprint density at radius 1 is 1.08 bits per heavy atom. The number of benzene rings is 1. The van der Waals surface area contributed by atoms with Gasteiger partial charge in [0.05, 0.1) is 6.42 Å². The van der Waals surface area contributed by atoms with E-state index in [0.29, 0.717) is 37.7 Å². The number of amides is 1. The molecule has 5 rings (SSSR count). The smallest absolute Gasteiger partial charge is 0.310 e. The lowest BCUT2D eigenvalue weighted by Crippen LogP contribution is -2.64. The maximum Gasteiger partial charge on any atom is 0.310 e. The van der Waals surface area contributed by atoms with Crippen LogP contribution in [-0.4, -0.2) is 54.2 Å². The molecule has 1 aromatic rings. The second-order valence-electron chi connectivity index (χ2n) is 12.3. The minimum atomic E-state index is -0.289. The molecule has 212 valence electrons. The minimum Gasteiger partial charge on any atom is -0.462 e. The van der Waals surface area contributed by atoms with Gasteiger partial charge in [-0.2, -0.15) is 0 Å². The molecule has 6 atom stereocenters. The lowest BCUT2D eigenvalue weighted by atomic mass is 9.48. The number of esters is 1. The normalized spacial score (nSPS) is 33.7. The number of fused-ring (bicyclic) bond motifs is 5. The second kappa shape index (κ2) is 11.4. The molecule has 0 spiro atoms. The van der Waals surface area contributed by atoms with Gasteiger partial charge in [0.1, 0.15) is 6.10 Å². The van der Waals surface area contributed by atoms with Crippen molar-refractivity contribution in [3.8, 4) is 0 Å². The summed E-state index contributed by atoms with van der Waals surface area (Å²) in [5.74, 6) is 1.49. The largest absolute Gasteiger partial charge is 0.462 e. The summed E-state index contributed by atoms with van der Waals surface area (Å²) < 4.78 is 5.98. The van der Waals surface area contributed by atoms with Crippen LogP contribution in [0.1, 0.15) is 64.4 Å². The Labute approximate surface area is 241 Å². The summed E-state index contributed by atoms with van der Waals surface area (Å²) in [6.45, 7) is 5.81. The lowest BCUT2D eigenvalue weighted by molar-refractivity contribution is -0.151. The number of allylic oxidation sites excluding steroid dienone is 1. The van der Waals surface area contributed by atoms with Crippen LogP contribution in [-0.2, 0) is 25.5 Å². The fourth-order valence-corrected chi connectivity index (χ4v) is 8.39. The monoisotopic (exact) mass is 574 g/mol. The molecule has 1 saturated heterocycles. The van der Waals surface area contributed by atoms with Crippen molar-refractivity contribution in [2.24, 2.45) is 23.2 Å². The average Bonchev–Trinajstić information content (AvgIpc) is 2.89. The minimum absolute atomic E-state index is 0.0401. The standard InChI is InChI=1S/C31H40Cl2N2O4/c1-30-10-8-23(39-28(38)17-20-4-3-5-22(16-20)35(14-12-32)15-13-33)18-21(30)19-26(36)29-24(30)9-11-31(2)25(29)6-7-27(37)34-31/h3-5,16,19,23-25,29H,6-15,17-18H2,1-2H3,(H,34,37)/t23?,24?,25?,29?,30-,31-/m0/s1. The van der Waals surface area contributed by atoms with Crippen LogP contribution in [0.2, 0.25) is 0 Å². The summed E-state index contributed by atoms with van der Waals surface area (Å²) in [7, 11) is 0. The highest BCUT2D eigenvalue weighted by Gasteiger charge is 2.58. The summed E-state index contributed by atoms with van der Waals surface area (Å²) >= 11 is 11.9. The van der Waals surface area contributed by atoms with Crippen molar-refractivity contribution >= 4 is 46.5 Å². The van der Waals surface area contributed by atoms with Gasteiger partial charge in [-0.15, -0.1) is 23.2 Å². The van der Waals surface area contributed by atoms with Crippen LogP contribution in [0.5, 0.6) is 0 Å². The molecular weight excluding hydrogens is 535 g/mol. The van der Waals surface area contributed by atoms with Gasteiger partial charge >= 0.3 is 5.97 Å². The second-order valence-corrected chi connectivity index (χ2v) is 13.1. The van der Waals surface area contributed by atoms with E-state index in [1.807, 2.05) is 30.3 Å². The van der Waals surface area contributed by atoms with E-state index in [1.165, 1.54) is 0 Å². The molecule has 1 N–H and O–H groups in total. The fourth-order valence-electron chi connectivity index (χ4n) is 7.98. The van der Waals surface area contributed by atoms with E-state index in [0.717, 1.165) is 48.9 Å². The molecule has 1 heterocycles. The van der Waals surface area contributed by atoms with Crippen LogP contribution < -0.4 is 10.2 Å². The Hall–Kier alpha value is -2.05. The third-order valence-corrected chi connectivity index (χ3v) is 10.4. The molecular formula is C31H40Cl2N2O4. The zero-order chi connectivity index (χ0) is 27.8. The SMILES string of the molecule is C[C@]12CCC(OC(=O)Cc3cccc(N(CCCl)CCCl)c3)CC1=CC(=O)C1C2CC[C@]2(C)NC(=O)CCC12. The van der Waals surface area contributed by atoms with Gasteiger partial charge in [0.15, 0.2) is 5.78 Å². The molecule has 1 amide bonds. The number of rotatable bonds is 8. The van der Waals surface area contributed by atoms with Gasteiger partial charge in [-0.25, -0.2) is 0 Å². The van der Waals surface area contributed by atoms with E-state index in [4.69, 9.17) is 27.9 Å².